The summed E-state index contributed by atoms with van der Waals surface area (Å²) in [7, 11) is -5.76. The van der Waals surface area contributed by atoms with Crippen LogP contribution in [0.15, 0.2) is 255 Å². The fourth-order valence-electron chi connectivity index (χ4n) is 7.25. The molecular formula is C54H46N2O4Si2Ti. The Labute approximate surface area is 385 Å². The minimum atomic E-state index is -2.88. The van der Waals surface area contributed by atoms with Crippen LogP contribution in [0.5, 0.6) is 11.5 Å². The first kappa shape index (κ1) is 45.8. The van der Waals surface area contributed by atoms with E-state index in [1.54, 1.807) is 36.7 Å². The molecule has 63 heavy (non-hydrogen) atoms. The molecule has 0 aliphatic heterocycles. The van der Waals surface area contributed by atoms with E-state index in [9.17, 15) is 19.8 Å². The van der Waals surface area contributed by atoms with E-state index in [0.717, 1.165) is 41.9 Å². The van der Waals surface area contributed by atoms with E-state index >= 15 is 0 Å². The van der Waals surface area contributed by atoms with Gasteiger partial charge >= 0.3 is 0 Å². The minimum Gasteiger partial charge on any atom is -0.506 e. The molecule has 0 amide bonds. The van der Waals surface area contributed by atoms with Crippen LogP contribution >= 0.6 is 0 Å². The van der Waals surface area contributed by atoms with Gasteiger partial charge in [-0.25, -0.2) is 0 Å². The molecule has 2 aromatic heterocycles. The van der Waals surface area contributed by atoms with Crippen LogP contribution in [0.4, 0.5) is 0 Å². The summed E-state index contributed by atoms with van der Waals surface area (Å²) in [6, 6.07) is 78.2. The van der Waals surface area contributed by atoms with Crippen molar-refractivity contribution >= 4 is 69.6 Å². The van der Waals surface area contributed by atoms with Crippen molar-refractivity contribution < 1.29 is 41.5 Å². The summed E-state index contributed by atoms with van der Waals surface area (Å²) in [4.78, 5) is 31.2. The zero-order chi connectivity index (χ0) is 43.0. The smallest absolute Gasteiger partial charge is 0.285 e. The van der Waals surface area contributed by atoms with Crippen molar-refractivity contribution in [1.29, 1.82) is 0 Å². The van der Waals surface area contributed by atoms with Crippen molar-refractivity contribution in [3.8, 4) is 11.5 Å². The van der Waals surface area contributed by atoms with Crippen LogP contribution in [0, 0.1) is 0 Å². The molecule has 0 aliphatic carbocycles. The predicted octanol–water partition coefficient (Wildman–Crippen LogP) is 7.17. The number of hydrogen-bond acceptors (Lipinski definition) is 6. The van der Waals surface area contributed by atoms with Gasteiger partial charge in [-0.2, -0.15) is 0 Å². The molecule has 2 heterocycles. The first-order chi connectivity index (χ1) is 30.4. The third-order valence-electron chi connectivity index (χ3n) is 10.4. The summed E-state index contributed by atoms with van der Waals surface area (Å²) in [6.45, 7) is 0. The molecule has 0 radical (unpaired) electrons. The standard InChI is InChI=1S/2C18H16OSi.2C9H7NO.Ti/c2*19-20(16-10-4-1-5-11-16,17-12-6-2-7-13-17)18-14-8-3-9-15-18;2*11-8-5-1-3-7-4-2-6-10-9(7)8;/h2*1-15,19H;2*1-6,11H;. The molecule has 0 saturated carbocycles. The number of phenols is 2. The largest absolute Gasteiger partial charge is 0.506 e. The molecule has 0 saturated heterocycles. The Kier molecular flexibility index (Phi) is 16.3. The zero-order valence-electron chi connectivity index (χ0n) is 34.4. The van der Waals surface area contributed by atoms with Gasteiger partial charge in [0, 0.05) is 44.9 Å². The van der Waals surface area contributed by atoms with E-state index < -0.39 is 16.6 Å². The maximum Gasteiger partial charge on any atom is 0.285 e. The van der Waals surface area contributed by atoms with Gasteiger partial charge in [0.15, 0.2) is 0 Å². The number of aromatic nitrogens is 2. The topological polar surface area (TPSA) is 107 Å². The molecule has 308 valence electrons. The molecule has 0 aliphatic rings. The number of para-hydroxylation sites is 2. The number of benzene rings is 8. The molecule has 0 spiro atoms. The SMILES string of the molecule is O[Si](c1ccccc1)(c1ccccc1)c1ccccc1.O[Si](c1ccccc1)(c1ccccc1)c1ccccc1.Oc1cccc2cccnc12.Oc1cccc2cccnc12.[Ti]. The predicted molar refractivity (Wildman–Crippen MR) is 259 cm³/mol. The van der Waals surface area contributed by atoms with Crippen LogP contribution in [-0.2, 0) is 21.7 Å². The van der Waals surface area contributed by atoms with Crippen LogP contribution < -0.4 is 31.1 Å². The van der Waals surface area contributed by atoms with Gasteiger partial charge in [0.1, 0.15) is 22.5 Å². The maximum atomic E-state index is 11.6. The van der Waals surface area contributed by atoms with E-state index in [2.05, 4.69) is 9.97 Å². The minimum absolute atomic E-state index is 0. The fourth-order valence-corrected chi connectivity index (χ4v) is 13.3. The normalized spacial score (nSPS) is 10.7. The summed E-state index contributed by atoms with van der Waals surface area (Å²) < 4.78 is 0. The van der Waals surface area contributed by atoms with Gasteiger partial charge in [-0.05, 0) is 55.4 Å². The summed E-state index contributed by atoms with van der Waals surface area (Å²) >= 11 is 0. The Bertz CT molecular complexity index is 2500. The number of hydrogen-bond donors (Lipinski definition) is 4. The van der Waals surface area contributed by atoms with Crippen molar-refractivity contribution in [2.24, 2.45) is 0 Å². The average Bonchev–Trinajstić information content (AvgIpc) is 3.36. The molecule has 4 N–H and O–H groups in total. The van der Waals surface area contributed by atoms with Crippen molar-refractivity contribution in [1.82, 2.24) is 9.97 Å². The summed E-state index contributed by atoms with van der Waals surface area (Å²) in [5.41, 5.74) is 1.32. The van der Waals surface area contributed by atoms with Crippen LogP contribution in [0.1, 0.15) is 0 Å². The molecule has 6 nitrogen and oxygen atoms in total. The molecule has 9 heteroatoms. The zero-order valence-corrected chi connectivity index (χ0v) is 38.0. The van der Waals surface area contributed by atoms with Gasteiger partial charge < -0.3 is 19.8 Å². The first-order valence-electron chi connectivity index (χ1n) is 20.2. The van der Waals surface area contributed by atoms with Gasteiger partial charge in [-0.15, -0.1) is 0 Å². The molecule has 0 atom stereocenters. The van der Waals surface area contributed by atoms with Crippen molar-refractivity contribution in [2.45, 2.75) is 0 Å². The van der Waals surface area contributed by atoms with Crippen molar-refractivity contribution in [3.05, 3.63) is 255 Å². The van der Waals surface area contributed by atoms with Gasteiger partial charge in [0.25, 0.3) is 16.6 Å². The van der Waals surface area contributed by atoms with E-state index in [-0.39, 0.29) is 33.2 Å². The molecular weight excluding hydrogens is 845 g/mol. The summed E-state index contributed by atoms with van der Waals surface area (Å²) in [5, 5.41) is 26.6. The summed E-state index contributed by atoms with van der Waals surface area (Å²) in [6.07, 6.45) is 3.34. The van der Waals surface area contributed by atoms with Crippen molar-refractivity contribution in [2.75, 3.05) is 0 Å². The second kappa shape index (κ2) is 22.4. The fraction of sp³-hybridized carbons (Fsp3) is 0. The van der Waals surface area contributed by atoms with E-state index in [4.69, 9.17) is 0 Å². The van der Waals surface area contributed by atoms with Gasteiger partial charge in [0.05, 0.1) is 0 Å². The number of phenolic OH excluding ortho intramolecular Hbond substituents is 2. The van der Waals surface area contributed by atoms with Gasteiger partial charge in [-0.3, -0.25) is 9.97 Å². The van der Waals surface area contributed by atoms with Crippen LogP contribution in [0.3, 0.4) is 0 Å². The Hall–Kier alpha value is -6.75. The molecule has 10 rings (SSSR count). The Morgan fingerprint density at radius 2 is 0.492 bits per heavy atom. The maximum absolute atomic E-state index is 11.6. The van der Waals surface area contributed by atoms with E-state index in [0.29, 0.717) is 11.0 Å². The van der Waals surface area contributed by atoms with Crippen LogP contribution in [0.2, 0.25) is 0 Å². The third kappa shape index (κ3) is 11.0. The second-order valence-corrected chi connectivity index (χ2v) is 20.6. The van der Waals surface area contributed by atoms with Crippen LogP contribution in [0.25, 0.3) is 21.8 Å². The number of fused-ring (bicyclic) bond motifs is 2. The summed E-state index contributed by atoms with van der Waals surface area (Å²) in [5.74, 6) is 0.478. The molecule has 0 unspecified atom stereocenters. The van der Waals surface area contributed by atoms with Gasteiger partial charge in [0.2, 0.25) is 0 Å². The average molecular weight is 891 g/mol. The first-order valence-corrected chi connectivity index (χ1v) is 24.1. The Morgan fingerprint density at radius 1 is 0.270 bits per heavy atom. The number of pyridine rings is 2. The van der Waals surface area contributed by atoms with Crippen LogP contribution in [-0.4, -0.2) is 46.4 Å². The molecule has 8 aromatic carbocycles. The second-order valence-electron chi connectivity index (χ2n) is 14.3. The number of rotatable bonds is 6. The number of nitrogens with zero attached hydrogens (tertiary/aromatic N) is 2. The molecule has 0 fully saturated rings. The monoisotopic (exact) mass is 890 g/mol. The van der Waals surface area contributed by atoms with Crippen molar-refractivity contribution in [3.63, 3.8) is 0 Å². The Morgan fingerprint density at radius 3 is 0.714 bits per heavy atom. The van der Waals surface area contributed by atoms with Gasteiger partial charge in [-0.1, -0.05) is 218 Å². The molecule has 10 aromatic rings. The third-order valence-corrected chi connectivity index (χ3v) is 17.4. The number of aromatic hydroxyl groups is 2. The quantitative estimate of drug-likeness (QED) is 0.104. The Balaban J connectivity index is 0.000000144. The molecule has 0 bridgehead atoms. The van der Waals surface area contributed by atoms with E-state index in [1.165, 1.54) is 0 Å². The van der Waals surface area contributed by atoms with E-state index in [1.807, 2.05) is 218 Å².